The number of hydrogen-bond acceptors (Lipinski definition) is 3. The van der Waals surface area contributed by atoms with Gasteiger partial charge in [0.2, 0.25) is 0 Å². The van der Waals surface area contributed by atoms with Crippen LogP contribution in [-0.2, 0) is 10.2 Å². The molecule has 0 radical (unpaired) electrons. The highest BCUT2D eigenvalue weighted by Crippen LogP contribution is 2.43. The molecular formula is C15H17ClO3S. The predicted molar refractivity (Wildman–Crippen MR) is 81.0 cm³/mol. The van der Waals surface area contributed by atoms with E-state index in [-0.39, 0.29) is 6.10 Å². The van der Waals surface area contributed by atoms with Crippen molar-refractivity contribution in [2.45, 2.75) is 37.2 Å². The molecule has 2 aliphatic rings. The number of carboxylic acids is 1. The maximum Gasteiger partial charge on any atom is 0.314 e. The van der Waals surface area contributed by atoms with Crippen LogP contribution in [0.1, 0.15) is 31.2 Å². The lowest BCUT2D eigenvalue weighted by Gasteiger charge is -2.28. The van der Waals surface area contributed by atoms with Crippen molar-refractivity contribution < 1.29 is 14.6 Å². The molecule has 1 saturated carbocycles. The van der Waals surface area contributed by atoms with Gasteiger partial charge < -0.3 is 9.84 Å². The summed E-state index contributed by atoms with van der Waals surface area (Å²) in [4.78, 5) is 11.7. The second-order valence-corrected chi connectivity index (χ2v) is 7.00. The smallest absolute Gasteiger partial charge is 0.314 e. The summed E-state index contributed by atoms with van der Waals surface area (Å²) in [6.07, 6.45) is 3.54. The lowest BCUT2D eigenvalue weighted by Crippen LogP contribution is -2.33. The Labute approximate surface area is 127 Å². The predicted octanol–water partition coefficient (Wildman–Crippen LogP) is 3.73. The summed E-state index contributed by atoms with van der Waals surface area (Å²) in [6.45, 7) is 0. The van der Waals surface area contributed by atoms with Gasteiger partial charge >= 0.3 is 5.97 Å². The summed E-state index contributed by atoms with van der Waals surface area (Å²) in [5.74, 6) is 1.92. The minimum absolute atomic E-state index is 0.239. The topological polar surface area (TPSA) is 46.5 Å². The van der Waals surface area contributed by atoms with Gasteiger partial charge in [-0.15, -0.1) is 0 Å². The van der Waals surface area contributed by atoms with Gasteiger partial charge in [0.05, 0.1) is 10.4 Å². The summed E-state index contributed by atoms with van der Waals surface area (Å²) >= 11 is 8.13. The summed E-state index contributed by atoms with van der Waals surface area (Å²) in [5, 5.41) is 10.1. The van der Waals surface area contributed by atoms with E-state index in [1.807, 2.05) is 23.9 Å². The lowest BCUT2D eigenvalue weighted by molar-refractivity contribution is -0.143. The summed E-state index contributed by atoms with van der Waals surface area (Å²) in [6, 6.07) is 5.47. The van der Waals surface area contributed by atoms with Crippen LogP contribution in [0.3, 0.4) is 0 Å². The molecule has 0 spiro atoms. The Balaban J connectivity index is 1.86. The minimum Gasteiger partial charge on any atom is -0.487 e. The normalized spacial score (nSPS) is 21.4. The van der Waals surface area contributed by atoms with E-state index in [1.54, 1.807) is 6.07 Å². The molecule has 0 amide bonds. The lowest BCUT2D eigenvalue weighted by atomic mass is 9.79. The van der Waals surface area contributed by atoms with Gasteiger partial charge in [0.25, 0.3) is 0 Å². The fourth-order valence-corrected chi connectivity index (χ4v) is 3.75. The van der Waals surface area contributed by atoms with Crippen LogP contribution in [-0.4, -0.2) is 28.7 Å². The third-order valence-corrected chi connectivity index (χ3v) is 5.76. The first-order valence-corrected chi connectivity index (χ1v) is 8.43. The number of halogens is 1. The molecule has 0 aromatic heterocycles. The highest BCUT2D eigenvalue weighted by Gasteiger charge is 2.43. The molecule has 1 saturated heterocycles. The molecule has 1 aliphatic carbocycles. The number of thioether (sulfide) groups is 1. The molecule has 1 aliphatic heterocycles. The van der Waals surface area contributed by atoms with Gasteiger partial charge in [-0.3, -0.25) is 4.79 Å². The van der Waals surface area contributed by atoms with E-state index in [1.165, 1.54) is 0 Å². The Kier molecular flexibility index (Phi) is 3.87. The van der Waals surface area contributed by atoms with Crippen molar-refractivity contribution in [1.82, 2.24) is 0 Å². The quantitative estimate of drug-likeness (QED) is 0.920. The Morgan fingerprint density at radius 1 is 1.35 bits per heavy atom. The van der Waals surface area contributed by atoms with Crippen molar-refractivity contribution >= 4 is 29.3 Å². The Hall–Kier alpha value is -0.870. The van der Waals surface area contributed by atoms with Crippen molar-refractivity contribution in [3.63, 3.8) is 0 Å². The van der Waals surface area contributed by atoms with Crippen LogP contribution in [0, 0.1) is 0 Å². The van der Waals surface area contributed by atoms with Crippen LogP contribution in [0.25, 0.3) is 0 Å². The van der Waals surface area contributed by atoms with Gasteiger partial charge in [-0.25, -0.2) is 0 Å². The van der Waals surface area contributed by atoms with Crippen molar-refractivity contribution in [3.8, 4) is 5.75 Å². The zero-order valence-electron chi connectivity index (χ0n) is 11.1. The van der Waals surface area contributed by atoms with Crippen molar-refractivity contribution in [2.24, 2.45) is 0 Å². The second-order valence-electron chi connectivity index (χ2n) is 5.52. The number of hydrogen-bond donors (Lipinski definition) is 1. The number of carbonyl (C=O) groups is 1. The fourth-order valence-electron chi connectivity index (χ4n) is 2.96. The molecule has 1 aromatic carbocycles. The van der Waals surface area contributed by atoms with E-state index in [0.29, 0.717) is 23.6 Å². The van der Waals surface area contributed by atoms with Gasteiger partial charge in [-0.2, -0.15) is 11.8 Å². The maximum absolute atomic E-state index is 11.7. The first-order chi connectivity index (χ1) is 9.62. The first kappa shape index (κ1) is 14.1. The summed E-state index contributed by atoms with van der Waals surface area (Å²) in [7, 11) is 0. The van der Waals surface area contributed by atoms with Crippen molar-refractivity contribution in [2.75, 3.05) is 11.5 Å². The highest BCUT2D eigenvalue weighted by molar-refractivity contribution is 8.00. The Morgan fingerprint density at radius 2 is 2.05 bits per heavy atom. The van der Waals surface area contributed by atoms with E-state index in [0.717, 1.165) is 29.9 Å². The second kappa shape index (κ2) is 5.49. The Bertz CT molecular complexity index is 522. The third-order valence-electron chi connectivity index (χ3n) is 4.25. The SMILES string of the molecule is O=C(O)C1(c2ccc(OC3CSC3)c(Cl)c2)CCCC1. The van der Waals surface area contributed by atoms with Gasteiger partial charge in [0, 0.05) is 11.5 Å². The number of carboxylic acid groups (broad SMARTS) is 1. The zero-order valence-corrected chi connectivity index (χ0v) is 12.7. The minimum atomic E-state index is -0.755. The van der Waals surface area contributed by atoms with Crippen LogP contribution >= 0.6 is 23.4 Å². The molecule has 3 nitrogen and oxygen atoms in total. The molecule has 1 aromatic rings. The fraction of sp³-hybridized carbons (Fsp3) is 0.533. The molecule has 5 heteroatoms. The summed E-state index contributed by atoms with van der Waals surface area (Å²) < 4.78 is 5.79. The molecule has 1 heterocycles. The van der Waals surface area contributed by atoms with Gasteiger partial charge in [-0.1, -0.05) is 30.5 Å². The van der Waals surface area contributed by atoms with Crippen molar-refractivity contribution in [3.05, 3.63) is 28.8 Å². The first-order valence-electron chi connectivity index (χ1n) is 6.90. The van der Waals surface area contributed by atoms with Crippen LogP contribution in [0.4, 0.5) is 0 Å². The van der Waals surface area contributed by atoms with E-state index in [9.17, 15) is 9.90 Å². The highest BCUT2D eigenvalue weighted by atomic mass is 35.5. The van der Waals surface area contributed by atoms with E-state index in [2.05, 4.69) is 0 Å². The standard InChI is InChI=1S/C15H17ClO3S/c16-12-7-10(15(14(17)18)5-1-2-6-15)3-4-13(12)19-11-8-20-9-11/h3-4,7,11H,1-2,5-6,8-9H2,(H,17,18). The molecule has 0 atom stereocenters. The average molecular weight is 313 g/mol. The molecule has 0 unspecified atom stereocenters. The Morgan fingerprint density at radius 3 is 2.55 bits per heavy atom. The van der Waals surface area contributed by atoms with E-state index >= 15 is 0 Å². The molecule has 108 valence electrons. The molecular weight excluding hydrogens is 296 g/mol. The van der Waals surface area contributed by atoms with Gasteiger partial charge in [0.15, 0.2) is 0 Å². The molecule has 1 N–H and O–H groups in total. The largest absolute Gasteiger partial charge is 0.487 e. The van der Waals surface area contributed by atoms with Crippen LogP contribution in [0.5, 0.6) is 5.75 Å². The van der Waals surface area contributed by atoms with Crippen molar-refractivity contribution in [1.29, 1.82) is 0 Å². The molecule has 20 heavy (non-hydrogen) atoms. The van der Waals surface area contributed by atoms with Crippen LogP contribution in [0.15, 0.2) is 18.2 Å². The number of benzene rings is 1. The number of ether oxygens (including phenoxy) is 1. The molecule has 2 fully saturated rings. The van der Waals surface area contributed by atoms with E-state index < -0.39 is 11.4 Å². The van der Waals surface area contributed by atoms with Crippen LogP contribution in [0.2, 0.25) is 5.02 Å². The molecule has 0 bridgehead atoms. The average Bonchev–Trinajstić information content (AvgIpc) is 2.85. The molecule has 3 rings (SSSR count). The van der Waals surface area contributed by atoms with Crippen LogP contribution < -0.4 is 4.74 Å². The van der Waals surface area contributed by atoms with Gasteiger partial charge in [0.1, 0.15) is 11.9 Å². The third kappa shape index (κ3) is 2.40. The number of aliphatic carboxylic acids is 1. The number of rotatable bonds is 4. The summed E-state index contributed by atoms with van der Waals surface area (Å²) in [5.41, 5.74) is 0.0527. The maximum atomic E-state index is 11.7. The van der Waals surface area contributed by atoms with Gasteiger partial charge in [-0.05, 0) is 30.5 Å². The monoisotopic (exact) mass is 312 g/mol. The van der Waals surface area contributed by atoms with E-state index in [4.69, 9.17) is 16.3 Å². The zero-order chi connectivity index (χ0) is 14.2.